The van der Waals surface area contributed by atoms with Gasteiger partial charge in [-0.05, 0) is 30.4 Å². The third-order valence-electron chi connectivity index (χ3n) is 7.56. The van der Waals surface area contributed by atoms with Gasteiger partial charge in [0.2, 0.25) is 5.91 Å². The van der Waals surface area contributed by atoms with Gasteiger partial charge in [0.05, 0.1) is 18.6 Å². The molecule has 2 aliphatic heterocycles. The van der Waals surface area contributed by atoms with Gasteiger partial charge in [-0.3, -0.25) is 4.79 Å². The molecule has 3 fully saturated rings. The number of nitrogens with zero attached hydrogens (tertiary/aromatic N) is 1. The maximum atomic E-state index is 14.3. The molecule has 5 heteroatoms. The third-order valence-corrected chi connectivity index (χ3v) is 7.56. The Kier molecular flexibility index (Phi) is 4.91. The summed E-state index contributed by atoms with van der Waals surface area (Å²) in [5, 5.41) is 0. The maximum Gasteiger partial charge on any atom is 0.233 e. The van der Waals surface area contributed by atoms with Gasteiger partial charge in [0, 0.05) is 31.0 Å². The van der Waals surface area contributed by atoms with E-state index >= 15 is 0 Å². The second-order valence-corrected chi connectivity index (χ2v) is 8.85. The van der Waals surface area contributed by atoms with Crippen molar-refractivity contribution < 1.29 is 18.7 Å². The lowest BCUT2D eigenvalue weighted by Gasteiger charge is -2.56. The molecule has 2 aromatic rings. The molecule has 0 aromatic heterocycles. The van der Waals surface area contributed by atoms with Gasteiger partial charge in [-0.15, -0.1) is 0 Å². The van der Waals surface area contributed by atoms with Crippen molar-refractivity contribution in [1.82, 2.24) is 4.90 Å². The largest absolute Gasteiger partial charge is 0.347 e. The van der Waals surface area contributed by atoms with Crippen LogP contribution in [0.15, 0.2) is 54.6 Å². The number of fused-ring (bicyclic) bond motifs is 1. The molecule has 5 rings (SSSR count). The topological polar surface area (TPSA) is 38.8 Å². The van der Waals surface area contributed by atoms with Gasteiger partial charge in [0.1, 0.15) is 5.82 Å². The number of carbonyl (C=O) groups is 1. The lowest BCUT2D eigenvalue weighted by atomic mass is 9.54. The summed E-state index contributed by atoms with van der Waals surface area (Å²) >= 11 is 0. The quantitative estimate of drug-likeness (QED) is 0.759. The molecule has 1 saturated carbocycles. The SMILES string of the molecule is CC1C2CCN(Cc3ccccc3F)C(=O)C2(c2ccccc2)CCC12OCCO2. The van der Waals surface area contributed by atoms with Gasteiger partial charge >= 0.3 is 0 Å². The fraction of sp³-hybridized carbons (Fsp3) is 0.480. The standard InChI is InChI=1S/C25H28FNO3/c1-18-21-11-14-27(17-19-7-5-6-10-22(19)26)23(28)24(21,20-8-3-2-4-9-20)12-13-25(18)29-15-16-30-25/h2-10,18,21H,11-17H2,1H3. The maximum absolute atomic E-state index is 14.3. The van der Waals surface area contributed by atoms with Crippen molar-refractivity contribution in [1.29, 1.82) is 0 Å². The first-order chi connectivity index (χ1) is 14.6. The number of likely N-dealkylation sites (tertiary alicyclic amines) is 1. The van der Waals surface area contributed by atoms with Crippen LogP contribution in [0.1, 0.15) is 37.3 Å². The van der Waals surface area contributed by atoms with Crippen molar-refractivity contribution in [2.24, 2.45) is 11.8 Å². The van der Waals surface area contributed by atoms with Crippen molar-refractivity contribution in [3.05, 3.63) is 71.5 Å². The molecule has 1 spiro atoms. The Morgan fingerprint density at radius 1 is 1.03 bits per heavy atom. The lowest BCUT2D eigenvalue weighted by Crippen LogP contribution is -2.64. The second-order valence-electron chi connectivity index (χ2n) is 8.85. The summed E-state index contributed by atoms with van der Waals surface area (Å²) in [6.07, 6.45) is 2.22. The van der Waals surface area contributed by atoms with Crippen LogP contribution < -0.4 is 0 Å². The number of carbonyl (C=O) groups excluding carboxylic acids is 1. The number of piperidine rings is 1. The summed E-state index contributed by atoms with van der Waals surface area (Å²) in [7, 11) is 0. The smallest absolute Gasteiger partial charge is 0.233 e. The molecular formula is C25H28FNO3. The molecule has 1 amide bonds. The highest BCUT2D eigenvalue weighted by Crippen LogP contribution is 2.56. The molecule has 158 valence electrons. The molecule has 2 heterocycles. The Hall–Kier alpha value is -2.24. The van der Waals surface area contributed by atoms with E-state index in [0.29, 0.717) is 44.7 Å². The van der Waals surface area contributed by atoms with Crippen LogP contribution in [0.3, 0.4) is 0 Å². The molecule has 3 unspecified atom stereocenters. The van der Waals surface area contributed by atoms with Crippen molar-refractivity contribution in [2.45, 2.75) is 43.9 Å². The van der Waals surface area contributed by atoms with Gasteiger partial charge in [-0.2, -0.15) is 0 Å². The molecule has 0 bridgehead atoms. The molecule has 4 nitrogen and oxygen atoms in total. The Labute approximate surface area is 177 Å². The highest BCUT2D eigenvalue weighted by molar-refractivity contribution is 5.90. The minimum atomic E-state index is -0.620. The Bertz CT molecular complexity index is 927. The molecule has 0 N–H and O–H groups in total. The molecule has 3 atom stereocenters. The van der Waals surface area contributed by atoms with Crippen molar-refractivity contribution in [2.75, 3.05) is 19.8 Å². The average molecular weight is 410 g/mol. The fourth-order valence-electron chi connectivity index (χ4n) is 6.04. The highest BCUT2D eigenvalue weighted by Gasteiger charge is 2.62. The summed E-state index contributed by atoms with van der Waals surface area (Å²) in [5.74, 6) is -0.501. The normalized spacial score (nSPS) is 30.5. The number of halogens is 1. The van der Waals surface area contributed by atoms with Gasteiger partial charge in [-0.1, -0.05) is 55.5 Å². The van der Waals surface area contributed by atoms with Crippen LogP contribution >= 0.6 is 0 Å². The minimum absolute atomic E-state index is 0.105. The van der Waals surface area contributed by atoms with Crippen LogP contribution in [0.4, 0.5) is 4.39 Å². The third kappa shape index (κ3) is 2.90. The van der Waals surface area contributed by atoms with Crippen LogP contribution in [0.5, 0.6) is 0 Å². The average Bonchev–Trinajstić information content (AvgIpc) is 3.25. The van der Waals surface area contributed by atoms with E-state index in [1.54, 1.807) is 12.1 Å². The van der Waals surface area contributed by atoms with Crippen LogP contribution in [0.25, 0.3) is 0 Å². The molecule has 30 heavy (non-hydrogen) atoms. The Morgan fingerprint density at radius 2 is 1.73 bits per heavy atom. The zero-order chi connectivity index (χ0) is 20.8. The number of ether oxygens (including phenoxy) is 2. The number of rotatable bonds is 3. The van der Waals surface area contributed by atoms with E-state index in [4.69, 9.17) is 9.47 Å². The van der Waals surface area contributed by atoms with Gasteiger partial charge in [0.25, 0.3) is 0 Å². The van der Waals surface area contributed by atoms with Crippen LogP contribution in [-0.2, 0) is 26.2 Å². The molecule has 2 aromatic carbocycles. The van der Waals surface area contributed by atoms with Crippen molar-refractivity contribution in [3.63, 3.8) is 0 Å². The van der Waals surface area contributed by atoms with E-state index in [0.717, 1.165) is 12.0 Å². The van der Waals surface area contributed by atoms with E-state index in [2.05, 4.69) is 19.1 Å². The van der Waals surface area contributed by atoms with E-state index in [1.807, 2.05) is 29.2 Å². The first kappa shape index (κ1) is 19.7. The summed E-state index contributed by atoms with van der Waals surface area (Å²) in [5.41, 5.74) is 0.998. The number of amides is 1. The molecular weight excluding hydrogens is 381 g/mol. The van der Waals surface area contributed by atoms with Gasteiger partial charge in [0.15, 0.2) is 5.79 Å². The first-order valence-electron chi connectivity index (χ1n) is 10.9. The van der Waals surface area contributed by atoms with E-state index < -0.39 is 11.2 Å². The summed E-state index contributed by atoms with van der Waals surface area (Å²) in [4.78, 5) is 15.9. The van der Waals surface area contributed by atoms with E-state index in [1.165, 1.54) is 6.07 Å². The molecule has 1 aliphatic carbocycles. The van der Waals surface area contributed by atoms with Crippen LogP contribution in [0.2, 0.25) is 0 Å². The van der Waals surface area contributed by atoms with E-state index in [-0.39, 0.29) is 23.6 Å². The monoisotopic (exact) mass is 409 g/mol. The highest BCUT2D eigenvalue weighted by atomic mass is 19.1. The molecule has 3 aliphatic rings. The van der Waals surface area contributed by atoms with Crippen LogP contribution in [0, 0.1) is 17.7 Å². The number of hydrogen-bond acceptors (Lipinski definition) is 3. The zero-order valence-electron chi connectivity index (χ0n) is 17.4. The second kappa shape index (κ2) is 7.47. The first-order valence-corrected chi connectivity index (χ1v) is 10.9. The van der Waals surface area contributed by atoms with Gasteiger partial charge in [-0.25, -0.2) is 4.39 Å². The summed E-state index contributed by atoms with van der Waals surface area (Å²) < 4.78 is 26.5. The minimum Gasteiger partial charge on any atom is -0.347 e. The van der Waals surface area contributed by atoms with Crippen molar-refractivity contribution >= 4 is 5.91 Å². The fourth-order valence-corrected chi connectivity index (χ4v) is 6.04. The summed E-state index contributed by atoms with van der Waals surface area (Å²) in [6.45, 7) is 4.32. The Morgan fingerprint density at radius 3 is 2.47 bits per heavy atom. The predicted octanol–water partition coefficient (Wildman–Crippen LogP) is 4.29. The number of hydrogen-bond donors (Lipinski definition) is 0. The molecule has 0 radical (unpaired) electrons. The Balaban J connectivity index is 1.53. The predicted molar refractivity (Wildman–Crippen MR) is 111 cm³/mol. The lowest BCUT2D eigenvalue weighted by molar-refractivity contribution is -0.238. The molecule has 2 saturated heterocycles. The van der Waals surface area contributed by atoms with Gasteiger partial charge < -0.3 is 14.4 Å². The van der Waals surface area contributed by atoms with Crippen LogP contribution in [-0.4, -0.2) is 36.4 Å². The number of benzene rings is 2. The van der Waals surface area contributed by atoms with Crippen molar-refractivity contribution in [3.8, 4) is 0 Å². The summed E-state index contributed by atoms with van der Waals surface area (Å²) in [6, 6.07) is 16.9. The zero-order valence-corrected chi connectivity index (χ0v) is 17.4. The van der Waals surface area contributed by atoms with E-state index in [9.17, 15) is 9.18 Å².